The van der Waals surface area contributed by atoms with Gasteiger partial charge in [-0.15, -0.1) is 0 Å². The minimum absolute atomic E-state index is 0.145. The Balaban J connectivity index is 1.38. The van der Waals surface area contributed by atoms with Gasteiger partial charge in [-0.3, -0.25) is 25.2 Å². The maximum atomic E-state index is 12.1. The van der Waals surface area contributed by atoms with Crippen molar-refractivity contribution >= 4 is 40.2 Å². The molecule has 3 amide bonds. The van der Waals surface area contributed by atoms with Crippen molar-refractivity contribution in [1.29, 1.82) is 0 Å². The Kier molecular flexibility index (Phi) is 6.76. The second-order valence-electron chi connectivity index (χ2n) is 6.26. The van der Waals surface area contributed by atoms with Crippen LogP contribution in [0.15, 0.2) is 60.7 Å². The van der Waals surface area contributed by atoms with Gasteiger partial charge in [0.05, 0.1) is 5.52 Å². The molecule has 0 unspecified atom stereocenters. The van der Waals surface area contributed by atoms with Crippen LogP contribution in [0.4, 0.5) is 0 Å². The number of aromatic nitrogens is 1. The van der Waals surface area contributed by atoms with E-state index in [1.165, 1.54) is 0 Å². The van der Waals surface area contributed by atoms with Crippen LogP contribution in [0.5, 0.6) is 0 Å². The first-order valence-electron chi connectivity index (χ1n) is 9.02. The van der Waals surface area contributed by atoms with Gasteiger partial charge in [-0.2, -0.15) is 0 Å². The molecule has 0 saturated heterocycles. The number of carbonyl (C=O) groups is 3. The molecule has 0 aliphatic rings. The molecule has 0 spiro atoms. The van der Waals surface area contributed by atoms with Gasteiger partial charge in [0.1, 0.15) is 5.69 Å². The summed E-state index contributed by atoms with van der Waals surface area (Å²) in [5.41, 5.74) is 6.09. The molecular weight excluding hydrogens is 392 g/mol. The summed E-state index contributed by atoms with van der Waals surface area (Å²) in [6, 6.07) is 17.3. The standard InChI is InChI=1S/C21H19ClN4O3/c22-16-10-7-15(8-11-16)20(28)23-13-3-6-19(27)25-26-21(29)18-12-9-14-4-1-2-5-17(14)24-18/h1-2,4-5,7-12H,3,6,13H2,(H,23,28)(H,25,27)(H,26,29). The highest BCUT2D eigenvalue weighted by atomic mass is 35.5. The number of para-hydroxylation sites is 1. The van der Waals surface area contributed by atoms with Gasteiger partial charge < -0.3 is 5.32 Å². The van der Waals surface area contributed by atoms with E-state index in [9.17, 15) is 14.4 Å². The Labute approximate surface area is 172 Å². The molecule has 0 fully saturated rings. The molecule has 3 aromatic rings. The molecule has 0 aliphatic heterocycles. The second kappa shape index (κ2) is 9.66. The third kappa shape index (κ3) is 5.76. The molecule has 29 heavy (non-hydrogen) atoms. The lowest BCUT2D eigenvalue weighted by Gasteiger charge is -2.08. The minimum atomic E-state index is -0.500. The number of fused-ring (bicyclic) bond motifs is 1. The molecule has 0 atom stereocenters. The summed E-state index contributed by atoms with van der Waals surface area (Å²) in [6.45, 7) is 0.328. The van der Waals surface area contributed by atoms with E-state index in [2.05, 4.69) is 21.2 Å². The molecule has 0 aliphatic carbocycles. The molecule has 1 heterocycles. The minimum Gasteiger partial charge on any atom is -0.352 e. The van der Waals surface area contributed by atoms with Crippen LogP contribution in [-0.4, -0.2) is 29.3 Å². The molecule has 0 radical (unpaired) electrons. The Bertz CT molecular complexity index is 1040. The summed E-state index contributed by atoms with van der Waals surface area (Å²) in [7, 11) is 0. The summed E-state index contributed by atoms with van der Waals surface area (Å²) < 4.78 is 0. The SMILES string of the molecule is O=C(CCCNC(=O)c1ccc(Cl)cc1)NNC(=O)c1ccc2ccccc2n1. The number of halogens is 1. The number of nitrogens with one attached hydrogen (secondary N) is 3. The average molecular weight is 411 g/mol. The third-order valence-corrected chi connectivity index (χ3v) is 4.37. The Morgan fingerprint density at radius 3 is 2.41 bits per heavy atom. The van der Waals surface area contributed by atoms with Crippen molar-refractivity contribution in [3.05, 3.63) is 76.9 Å². The van der Waals surface area contributed by atoms with Crippen LogP contribution in [0.2, 0.25) is 5.02 Å². The van der Waals surface area contributed by atoms with Gasteiger partial charge in [-0.1, -0.05) is 35.9 Å². The van der Waals surface area contributed by atoms with Crippen LogP contribution in [-0.2, 0) is 4.79 Å². The molecule has 8 heteroatoms. The van der Waals surface area contributed by atoms with Crippen LogP contribution in [0.1, 0.15) is 33.7 Å². The zero-order chi connectivity index (χ0) is 20.6. The first kappa shape index (κ1) is 20.3. The van der Waals surface area contributed by atoms with Crippen LogP contribution in [0.25, 0.3) is 10.9 Å². The largest absolute Gasteiger partial charge is 0.352 e. The second-order valence-corrected chi connectivity index (χ2v) is 6.69. The van der Waals surface area contributed by atoms with Gasteiger partial charge in [0, 0.05) is 28.9 Å². The van der Waals surface area contributed by atoms with Crippen LogP contribution in [0.3, 0.4) is 0 Å². The quantitative estimate of drug-likeness (QED) is 0.429. The van der Waals surface area contributed by atoms with Gasteiger partial charge in [0.25, 0.3) is 11.8 Å². The molecule has 0 saturated carbocycles. The lowest BCUT2D eigenvalue weighted by molar-refractivity contribution is -0.121. The summed E-state index contributed by atoms with van der Waals surface area (Å²) in [5.74, 6) is -1.10. The summed E-state index contributed by atoms with van der Waals surface area (Å²) in [5, 5.41) is 4.20. The summed E-state index contributed by atoms with van der Waals surface area (Å²) >= 11 is 5.78. The van der Waals surface area contributed by atoms with Crippen molar-refractivity contribution < 1.29 is 14.4 Å². The molecule has 7 nitrogen and oxygen atoms in total. The monoisotopic (exact) mass is 410 g/mol. The third-order valence-electron chi connectivity index (χ3n) is 4.12. The number of hydrogen-bond acceptors (Lipinski definition) is 4. The first-order valence-corrected chi connectivity index (χ1v) is 9.39. The van der Waals surface area contributed by atoms with Crippen LogP contribution in [0, 0.1) is 0 Å². The number of hydrazine groups is 1. The van der Waals surface area contributed by atoms with Gasteiger partial charge in [-0.25, -0.2) is 4.98 Å². The number of rotatable bonds is 6. The number of benzene rings is 2. The van der Waals surface area contributed by atoms with E-state index >= 15 is 0 Å². The van der Waals surface area contributed by atoms with Crippen molar-refractivity contribution in [3.63, 3.8) is 0 Å². The smallest absolute Gasteiger partial charge is 0.288 e. The predicted molar refractivity (Wildman–Crippen MR) is 110 cm³/mol. The van der Waals surface area contributed by atoms with Crippen molar-refractivity contribution in [2.75, 3.05) is 6.54 Å². The molecular formula is C21H19ClN4O3. The van der Waals surface area contributed by atoms with E-state index in [1.54, 1.807) is 36.4 Å². The lowest BCUT2D eigenvalue weighted by atomic mass is 10.2. The van der Waals surface area contributed by atoms with Gasteiger partial charge in [0.2, 0.25) is 5.91 Å². The maximum absolute atomic E-state index is 12.1. The topological polar surface area (TPSA) is 100 Å². The summed E-state index contributed by atoms with van der Waals surface area (Å²) in [6.07, 6.45) is 0.571. The fraction of sp³-hybridized carbons (Fsp3) is 0.143. The normalized spacial score (nSPS) is 10.4. The lowest BCUT2D eigenvalue weighted by Crippen LogP contribution is -2.42. The number of pyridine rings is 1. The van der Waals surface area contributed by atoms with Crippen molar-refractivity contribution in [3.8, 4) is 0 Å². The molecule has 3 N–H and O–H groups in total. The van der Waals surface area contributed by atoms with Gasteiger partial charge in [-0.05, 0) is 42.8 Å². The highest BCUT2D eigenvalue weighted by Gasteiger charge is 2.10. The molecule has 148 valence electrons. The zero-order valence-corrected chi connectivity index (χ0v) is 16.2. The number of hydrogen-bond donors (Lipinski definition) is 3. The highest BCUT2D eigenvalue weighted by molar-refractivity contribution is 6.30. The van der Waals surface area contributed by atoms with E-state index in [1.807, 2.05) is 24.3 Å². The molecule has 0 bridgehead atoms. The maximum Gasteiger partial charge on any atom is 0.288 e. The van der Waals surface area contributed by atoms with Crippen LogP contribution < -0.4 is 16.2 Å². The summed E-state index contributed by atoms with van der Waals surface area (Å²) in [4.78, 5) is 40.2. The predicted octanol–water partition coefficient (Wildman–Crippen LogP) is 2.86. The fourth-order valence-electron chi connectivity index (χ4n) is 2.60. The van der Waals surface area contributed by atoms with Gasteiger partial charge in [0.15, 0.2) is 0 Å². The average Bonchev–Trinajstić information content (AvgIpc) is 2.75. The van der Waals surface area contributed by atoms with Crippen molar-refractivity contribution in [2.45, 2.75) is 12.8 Å². The molecule has 3 rings (SSSR count). The zero-order valence-electron chi connectivity index (χ0n) is 15.4. The van der Waals surface area contributed by atoms with Crippen molar-refractivity contribution in [1.82, 2.24) is 21.2 Å². The number of carbonyl (C=O) groups excluding carboxylic acids is 3. The Morgan fingerprint density at radius 1 is 0.862 bits per heavy atom. The van der Waals surface area contributed by atoms with E-state index < -0.39 is 5.91 Å². The van der Waals surface area contributed by atoms with E-state index in [0.29, 0.717) is 29.1 Å². The van der Waals surface area contributed by atoms with E-state index in [0.717, 1.165) is 5.39 Å². The highest BCUT2D eigenvalue weighted by Crippen LogP contribution is 2.11. The van der Waals surface area contributed by atoms with Gasteiger partial charge >= 0.3 is 0 Å². The molecule has 1 aromatic heterocycles. The first-order chi connectivity index (χ1) is 14.0. The van der Waals surface area contributed by atoms with E-state index in [4.69, 9.17) is 11.6 Å². The molecule has 2 aromatic carbocycles. The Hall–Kier alpha value is -3.45. The number of nitrogens with zero attached hydrogens (tertiary/aromatic N) is 1. The van der Waals surface area contributed by atoms with Crippen molar-refractivity contribution in [2.24, 2.45) is 0 Å². The fourth-order valence-corrected chi connectivity index (χ4v) is 2.73. The van der Waals surface area contributed by atoms with E-state index in [-0.39, 0.29) is 23.9 Å². The Morgan fingerprint density at radius 2 is 1.62 bits per heavy atom. The van der Waals surface area contributed by atoms with Crippen LogP contribution >= 0.6 is 11.6 Å². The number of amides is 3.